The van der Waals surface area contributed by atoms with Crippen LogP contribution in [-0.2, 0) is 6.54 Å². The summed E-state index contributed by atoms with van der Waals surface area (Å²) in [5.41, 5.74) is 4.63. The van der Waals surface area contributed by atoms with E-state index in [1.807, 2.05) is 48.5 Å². The quantitative estimate of drug-likeness (QED) is 0.451. The first-order chi connectivity index (χ1) is 15.7. The summed E-state index contributed by atoms with van der Waals surface area (Å²) in [5, 5.41) is 7.55. The number of pyridine rings is 1. The monoisotopic (exact) mass is 423 g/mol. The Kier molecular flexibility index (Phi) is 5.13. The molecule has 0 aliphatic rings. The number of aromatic nitrogens is 4. The third-order valence-electron chi connectivity index (χ3n) is 5.05. The molecule has 0 spiro atoms. The van der Waals surface area contributed by atoms with Crippen LogP contribution in [0.5, 0.6) is 0 Å². The fourth-order valence-corrected chi connectivity index (χ4v) is 3.43. The summed E-state index contributed by atoms with van der Waals surface area (Å²) >= 11 is 0. The summed E-state index contributed by atoms with van der Waals surface area (Å²) < 4.78 is 14.9. The molecule has 2 aromatic carbocycles. The molecule has 1 amide bonds. The highest BCUT2D eigenvalue weighted by atomic mass is 19.1. The van der Waals surface area contributed by atoms with Crippen LogP contribution in [0.3, 0.4) is 0 Å². The molecule has 32 heavy (non-hydrogen) atoms. The number of carbonyl (C=O) groups excluding carboxylic acids is 1. The van der Waals surface area contributed by atoms with Gasteiger partial charge in [-0.3, -0.25) is 9.78 Å². The van der Waals surface area contributed by atoms with E-state index in [0.717, 1.165) is 11.1 Å². The van der Waals surface area contributed by atoms with E-state index in [-0.39, 0.29) is 11.7 Å². The van der Waals surface area contributed by atoms with Gasteiger partial charge in [0.05, 0.1) is 11.4 Å². The van der Waals surface area contributed by atoms with Gasteiger partial charge < -0.3 is 5.32 Å². The highest BCUT2D eigenvalue weighted by molar-refractivity contribution is 5.94. The number of hydrogen-bond donors (Lipinski definition) is 1. The van der Waals surface area contributed by atoms with Crippen molar-refractivity contribution in [2.75, 3.05) is 0 Å². The molecule has 0 saturated carbocycles. The number of carbonyl (C=O) groups is 1. The molecule has 0 atom stereocenters. The Bertz CT molecular complexity index is 1380. The lowest BCUT2D eigenvalue weighted by atomic mass is 10.1. The van der Waals surface area contributed by atoms with E-state index in [9.17, 15) is 9.18 Å². The van der Waals surface area contributed by atoms with Crippen molar-refractivity contribution in [2.45, 2.75) is 6.54 Å². The Morgan fingerprint density at radius 2 is 1.69 bits per heavy atom. The molecule has 7 heteroatoms. The highest BCUT2D eigenvalue weighted by Crippen LogP contribution is 2.24. The van der Waals surface area contributed by atoms with E-state index < -0.39 is 0 Å². The minimum absolute atomic E-state index is 0.299. The van der Waals surface area contributed by atoms with Crippen molar-refractivity contribution in [3.63, 3.8) is 0 Å². The Morgan fingerprint density at radius 3 is 2.44 bits per heavy atom. The predicted molar refractivity (Wildman–Crippen MR) is 119 cm³/mol. The van der Waals surface area contributed by atoms with Gasteiger partial charge in [-0.05, 0) is 42.0 Å². The van der Waals surface area contributed by atoms with Crippen molar-refractivity contribution in [3.8, 4) is 22.5 Å². The minimum Gasteiger partial charge on any atom is -0.347 e. The molecular weight excluding hydrogens is 405 g/mol. The van der Waals surface area contributed by atoms with Crippen LogP contribution in [0.2, 0.25) is 0 Å². The number of nitrogens with zero attached hydrogens (tertiary/aromatic N) is 4. The summed E-state index contributed by atoms with van der Waals surface area (Å²) in [6.45, 7) is 0.329. The van der Waals surface area contributed by atoms with Crippen LogP contribution in [0.1, 0.15) is 16.1 Å². The molecule has 5 rings (SSSR count). The molecule has 3 aromatic heterocycles. The standard InChI is InChI=1S/C25H18FN5O/c26-20-10-8-19(9-11-20)21-13-23(25(32)28-16-17-5-4-12-27-15-17)31-24(29-21)14-22(30-31)18-6-2-1-3-7-18/h1-15H,16H2,(H,28,32). The largest absolute Gasteiger partial charge is 0.347 e. The molecule has 0 unspecified atom stereocenters. The molecule has 1 N–H and O–H groups in total. The van der Waals surface area contributed by atoms with Gasteiger partial charge >= 0.3 is 0 Å². The SMILES string of the molecule is O=C(NCc1cccnc1)c1cc(-c2ccc(F)cc2)nc2cc(-c3ccccc3)nn12. The Balaban J connectivity index is 1.58. The molecule has 0 bridgehead atoms. The first kappa shape index (κ1) is 19.6. The molecule has 156 valence electrons. The summed E-state index contributed by atoms with van der Waals surface area (Å²) in [4.78, 5) is 21.9. The molecule has 0 aliphatic carbocycles. The first-order valence-corrected chi connectivity index (χ1v) is 10.1. The molecule has 0 fully saturated rings. The molecule has 0 saturated heterocycles. The van der Waals surface area contributed by atoms with Gasteiger partial charge in [-0.1, -0.05) is 36.4 Å². The number of halogens is 1. The highest BCUT2D eigenvalue weighted by Gasteiger charge is 2.17. The van der Waals surface area contributed by atoms with Gasteiger partial charge in [0.2, 0.25) is 0 Å². The fourth-order valence-electron chi connectivity index (χ4n) is 3.43. The van der Waals surface area contributed by atoms with Gasteiger partial charge in [0.25, 0.3) is 5.91 Å². The van der Waals surface area contributed by atoms with E-state index >= 15 is 0 Å². The zero-order valence-electron chi connectivity index (χ0n) is 16.9. The van der Waals surface area contributed by atoms with Gasteiger partial charge in [0.1, 0.15) is 11.5 Å². The Hall–Kier alpha value is -4.39. The van der Waals surface area contributed by atoms with E-state index in [1.165, 1.54) is 16.6 Å². The molecular formula is C25H18FN5O. The maximum Gasteiger partial charge on any atom is 0.270 e. The lowest BCUT2D eigenvalue weighted by molar-refractivity contribution is 0.0943. The summed E-state index contributed by atoms with van der Waals surface area (Å²) in [6, 6.07) is 22.9. The topological polar surface area (TPSA) is 72.2 Å². The van der Waals surface area contributed by atoms with Crippen molar-refractivity contribution < 1.29 is 9.18 Å². The third-order valence-corrected chi connectivity index (χ3v) is 5.05. The maximum atomic E-state index is 13.4. The number of fused-ring (bicyclic) bond motifs is 1. The van der Waals surface area contributed by atoms with Crippen molar-refractivity contribution in [2.24, 2.45) is 0 Å². The minimum atomic E-state index is -0.333. The lowest BCUT2D eigenvalue weighted by Gasteiger charge is -2.09. The smallest absolute Gasteiger partial charge is 0.270 e. The Labute approximate surface area is 183 Å². The zero-order valence-corrected chi connectivity index (χ0v) is 16.9. The number of rotatable bonds is 5. The van der Waals surface area contributed by atoms with Crippen molar-refractivity contribution in [1.29, 1.82) is 0 Å². The summed E-state index contributed by atoms with van der Waals surface area (Å²) in [7, 11) is 0. The van der Waals surface area contributed by atoms with Crippen LogP contribution in [0.15, 0.2) is 91.3 Å². The number of hydrogen-bond acceptors (Lipinski definition) is 4. The van der Waals surface area contributed by atoms with Crippen LogP contribution in [0.4, 0.5) is 4.39 Å². The second-order valence-electron chi connectivity index (χ2n) is 7.24. The van der Waals surface area contributed by atoms with Gasteiger partial charge in [-0.25, -0.2) is 13.9 Å². The average Bonchev–Trinajstić information content (AvgIpc) is 3.28. The third kappa shape index (κ3) is 3.96. The Morgan fingerprint density at radius 1 is 0.906 bits per heavy atom. The van der Waals surface area contributed by atoms with Crippen molar-refractivity contribution in [3.05, 3.63) is 108 Å². The lowest BCUT2D eigenvalue weighted by Crippen LogP contribution is -2.25. The normalized spacial score (nSPS) is 10.9. The number of benzene rings is 2. The molecule has 0 radical (unpaired) electrons. The second kappa shape index (κ2) is 8.39. The molecule has 3 heterocycles. The summed E-state index contributed by atoms with van der Waals surface area (Å²) in [5.74, 6) is -0.632. The average molecular weight is 423 g/mol. The fraction of sp³-hybridized carbons (Fsp3) is 0.0400. The van der Waals surface area contributed by atoms with Crippen molar-refractivity contribution in [1.82, 2.24) is 24.9 Å². The van der Waals surface area contributed by atoms with E-state index in [0.29, 0.717) is 34.8 Å². The van der Waals surface area contributed by atoms with Gasteiger partial charge in [0, 0.05) is 36.1 Å². The van der Waals surface area contributed by atoms with Crippen LogP contribution in [0.25, 0.3) is 28.2 Å². The number of nitrogens with one attached hydrogen (secondary N) is 1. The van der Waals surface area contributed by atoms with Gasteiger partial charge in [-0.15, -0.1) is 0 Å². The molecule has 6 nitrogen and oxygen atoms in total. The van der Waals surface area contributed by atoms with Gasteiger partial charge in [-0.2, -0.15) is 5.10 Å². The van der Waals surface area contributed by atoms with E-state index in [4.69, 9.17) is 0 Å². The van der Waals surface area contributed by atoms with Crippen LogP contribution in [0, 0.1) is 5.82 Å². The molecule has 0 aliphatic heterocycles. The maximum absolute atomic E-state index is 13.4. The van der Waals surface area contributed by atoms with Crippen LogP contribution < -0.4 is 5.32 Å². The molecule has 5 aromatic rings. The van der Waals surface area contributed by atoms with E-state index in [2.05, 4.69) is 20.4 Å². The number of amides is 1. The second-order valence-corrected chi connectivity index (χ2v) is 7.24. The summed E-state index contributed by atoms with van der Waals surface area (Å²) in [6.07, 6.45) is 3.38. The van der Waals surface area contributed by atoms with E-state index in [1.54, 1.807) is 30.6 Å². The predicted octanol–water partition coefficient (Wildman–Crippen LogP) is 4.53. The van der Waals surface area contributed by atoms with Crippen molar-refractivity contribution >= 4 is 11.6 Å². The zero-order chi connectivity index (χ0) is 21.9. The van der Waals surface area contributed by atoms with Crippen LogP contribution in [-0.4, -0.2) is 25.5 Å². The first-order valence-electron chi connectivity index (χ1n) is 10.1. The van der Waals surface area contributed by atoms with Crippen LogP contribution >= 0.6 is 0 Å². The van der Waals surface area contributed by atoms with Gasteiger partial charge in [0.15, 0.2) is 5.65 Å².